The lowest BCUT2D eigenvalue weighted by atomic mass is 9.91. The smallest absolute Gasteiger partial charge is 0.214 e. The number of rotatable bonds is 3. The van der Waals surface area contributed by atoms with Gasteiger partial charge in [-0.1, -0.05) is 19.3 Å². The van der Waals surface area contributed by atoms with Crippen LogP contribution in [-0.4, -0.2) is 42.8 Å². The molecule has 4 nitrogen and oxygen atoms in total. The standard InChI is InChI=1S/C10H19NO3S/c12-10-6-11(7-10)15(13,14)8-9-4-2-1-3-5-9/h9-10,12H,1-8H2. The molecule has 0 radical (unpaired) electrons. The molecule has 0 unspecified atom stereocenters. The molecule has 2 fully saturated rings. The first kappa shape index (κ1) is 11.4. The van der Waals surface area contributed by atoms with Crippen LogP contribution in [0.3, 0.4) is 0 Å². The van der Waals surface area contributed by atoms with Crippen LogP contribution in [0.25, 0.3) is 0 Å². The molecule has 2 aliphatic rings. The van der Waals surface area contributed by atoms with E-state index in [0.717, 1.165) is 12.8 Å². The molecule has 1 saturated heterocycles. The third kappa shape index (κ3) is 2.71. The summed E-state index contributed by atoms with van der Waals surface area (Å²) in [5, 5.41) is 9.08. The Bertz CT molecular complexity index is 303. The third-order valence-electron chi connectivity index (χ3n) is 3.39. The molecule has 1 saturated carbocycles. The maximum absolute atomic E-state index is 11.8. The molecule has 5 heteroatoms. The van der Waals surface area contributed by atoms with Gasteiger partial charge in [0.1, 0.15) is 0 Å². The van der Waals surface area contributed by atoms with Crippen molar-refractivity contribution in [1.82, 2.24) is 4.31 Å². The molecule has 0 aromatic rings. The van der Waals surface area contributed by atoms with E-state index < -0.39 is 16.1 Å². The van der Waals surface area contributed by atoms with Gasteiger partial charge in [-0.25, -0.2) is 8.42 Å². The van der Waals surface area contributed by atoms with Crippen LogP contribution in [0.2, 0.25) is 0 Å². The fraction of sp³-hybridized carbons (Fsp3) is 1.00. The van der Waals surface area contributed by atoms with E-state index in [9.17, 15) is 8.42 Å². The van der Waals surface area contributed by atoms with E-state index in [0.29, 0.717) is 24.8 Å². The van der Waals surface area contributed by atoms with Crippen LogP contribution in [0, 0.1) is 5.92 Å². The molecule has 0 aromatic heterocycles. The Morgan fingerprint density at radius 3 is 2.27 bits per heavy atom. The van der Waals surface area contributed by atoms with Crippen molar-refractivity contribution in [2.24, 2.45) is 5.92 Å². The van der Waals surface area contributed by atoms with Crippen LogP contribution in [0.1, 0.15) is 32.1 Å². The van der Waals surface area contributed by atoms with Gasteiger partial charge < -0.3 is 5.11 Å². The summed E-state index contributed by atoms with van der Waals surface area (Å²) < 4.78 is 25.1. The minimum atomic E-state index is -3.08. The van der Waals surface area contributed by atoms with E-state index in [1.165, 1.54) is 23.6 Å². The maximum atomic E-state index is 11.8. The number of nitrogens with zero attached hydrogens (tertiary/aromatic N) is 1. The van der Waals surface area contributed by atoms with Crippen LogP contribution in [-0.2, 0) is 10.0 Å². The summed E-state index contributed by atoms with van der Waals surface area (Å²) in [6.45, 7) is 0.601. The van der Waals surface area contributed by atoms with E-state index >= 15 is 0 Å². The molecule has 0 aromatic carbocycles. The predicted octanol–water partition coefficient (Wildman–Crippen LogP) is 0.573. The van der Waals surface area contributed by atoms with Crippen LogP contribution >= 0.6 is 0 Å². The van der Waals surface area contributed by atoms with Gasteiger partial charge in [0.15, 0.2) is 0 Å². The van der Waals surface area contributed by atoms with Gasteiger partial charge >= 0.3 is 0 Å². The average molecular weight is 233 g/mol. The molecule has 0 amide bonds. The van der Waals surface area contributed by atoms with Crippen molar-refractivity contribution < 1.29 is 13.5 Å². The van der Waals surface area contributed by atoms with E-state index in [2.05, 4.69) is 0 Å². The van der Waals surface area contributed by atoms with Gasteiger partial charge in [-0.2, -0.15) is 4.31 Å². The lowest BCUT2D eigenvalue weighted by Gasteiger charge is -2.36. The zero-order chi connectivity index (χ0) is 10.9. The summed E-state index contributed by atoms with van der Waals surface area (Å²) in [4.78, 5) is 0. The van der Waals surface area contributed by atoms with Gasteiger partial charge in [-0.05, 0) is 18.8 Å². The molecule has 0 spiro atoms. The van der Waals surface area contributed by atoms with E-state index in [1.54, 1.807) is 0 Å². The van der Waals surface area contributed by atoms with Crippen LogP contribution in [0.4, 0.5) is 0 Å². The number of aliphatic hydroxyl groups is 1. The minimum Gasteiger partial charge on any atom is -0.390 e. The largest absolute Gasteiger partial charge is 0.390 e. The number of hydrogen-bond acceptors (Lipinski definition) is 3. The summed E-state index contributed by atoms with van der Waals surface area (Å²) in [6.07, 6.45) is 5.25. The van der Waals surface area contributed by atoms with Gasteiger partial charge in [0.25, 0.3) is 0 Å². The quantitative estimate of drug-likeness (QED) is 0.775. The SMILES string of the molecule is O=S(=O)(CC1CCCCC1)N1CC(O)C1. The topological polar surface area (TPSA) is 57.6 Å². The van der Waals surface area contributed by atoms with Crippen molar-refractivity contribution in [2.45, 2.75) is 38.2 Å². The predicted molar refractivity (Wildman–Crippen MR) is 57.9 cm³/mol. The molecule has 15 heavy (non-hydrogen) atoms. The average Bonchev–Trinajstić information content (AvgIpc) is 2.14. The fourth-order valence-corrected chi connectivity index (χ4v) is 4.34. The van der Waals surface area contributed by atoms with Crippen molar-refractivity contribution in [1.29, 1.82) is 0 Å². The van der Waals surface area contributed by atoms with Crippen molar-refractivity contribution in [3.63, 3.8) is 0 Å². The number of sulfonamides is 1. The van der Waals surface area contributed by atoms with Gasteiger partial charge in [-0.3, -0.25) is 0 Å². The van der Waals surface area contributed by atoms with Gasteiger partial charge in [0.2, 0.25) is 10.0 Å². The van der Waals surface area contributed by atoms with Gasteiger partial charge in [-0.15, -0.1) is 0 Å². The van der Waals surface area contributed by atoms with Gasteiger partial charge in [0, 0.05) is 13.1 Å². The van der Waals surface area contributed by atoms with Crippen molar-refractivity contribution in [2.75, 3.05) is 18.8 Å². The Kier molecular flexibility index (Phi) is 3.33. The summed E-state index contributed by atoms with van der Waals surface area (Å²) in [5.74, 6) is 0.640. The second kappa shape index (κ2) is 4.39. The van der Waals surface area contributed by atoms with E-state index in [-0.39, 0.29) is 0 Å². The highest BCUT2D eigenvalue weighted by molar-refractivity contribution is 7.89. The van der Waals surface area contributed by atoms with Crippen LogP contribution in [0.5, 0.6) is 0 Å². The Balaban J connectivity index is 1.86. The molecular weight excluding hydrogens is 214 g/mol. The summed E-state index contributed by atoms with van der Waals surface area (Å²) in [7, 11) is -3.08. The number of β-amino-alcohol motifs (C(OH)–C–C–N with tert-alkyl or cyclic N) is 1. The van der Waals surface area contributed by atoms with Crippen LogP contribution in [0.15, 0.2) is 0 Å². The number of aliphatic hydroxyl groups excluding tert-OH is 1. The Hall–Kier alpha value is -0.130. The highest BCUT2D eigenvalue weighted by Gasteiger charge is 2.35. The zero-order valence-electron chi connectivity index (χ0n) is 8.93. The fourth-order valence-electron chi connectivity index (χ4n) is 2.40. The van der Waals surface area contributed by atoms with E-state index in [1.807, 2.05) is 0 Å². The van der Waals surface area contributed by atoms with Crippen molar-refractivity contribution in [3.05, 3.63) is 0 Å². The zero-order valence-corrected chi connectivity index (χ0v) is 9.75. The second-order valence-corrected chi connectivity index (χ2v) is 6.77. The number of hydrogen-bond donors (Lipinski definition) is 1. The molecule has 1 N–H and O–H groups in total. The summed E-state index contributed by atoms with van der Waals surface area (Å²) in [5.41, 5.74) is 0. The normalized spacial score (nSPS) is 26.5. The minimum absolute atomic E-state index is 0.291. The van der Waals surface area contributed by atoms with Crippen LogP contribution < -0.4 is 0 Å². The van der Waals surface area contributed by atoms with Gasteiger partial charge in [0.05, 0.1) is 11.9 Å². The first-order chi connectivity index (χ1) is 7.08. The molecule has 88 valence electrons. The molecule has 0 bridgehead atoms. The monoisotopic (exact) mass is 233 g/mol. The summed E-state index contributed by atoms with van der Waals surface area (Å²) in [6, 6.07) is 0. The first-order valence-corrected chi connectivity index (χ1v) is 7.35. The van der Waals surface area contributed by atoms with Crippen molar-refractivity contribution >= 4 is 10.0 Å². The molecule has 1 aliphatic carbocycles. The molecule has 1 aliphatic heterocycles. The third-order valence-corrected chi connectivity index (χ3v) is 5.37. The Morgan fingerprint density at radius 1 is 1.13 bits per heavy atom. The molecular formula is C10H19NO3S. The summed E-state index contributed by atoms with van der Waals surface area (Å²) >= 11 is 0. The van der Waals surface area contributed by atoms with Crippen molar-refractivity contribution in [3.8, 4) is 0 Å². The second-order valence-electron chi connectivity index (χ2n) is 4.75. The Labute approximate surface area is 91.3 Å². The van der Waals surface area contributed by atoms with E-state index in [4.69, 9.17) is 5.11 Å². The molecule has 1 heterocycles. The lowest BCUT2D eigenvalue weighted by Crippen LogP contribution is -2.54. The molecule has 2 rings (SSSR count). The maximum Gasteiger partial charge on any atom is 0.214 e. The Morgan fingerprint density at radius 2 is 1.73 bits per heavy atom. The highest BCUT2D eigenvalue weighted by atomic mass is 32.2. The lowest BCUT2D eigenvalue weighted by molar-refractivity contribution is 0.0544. The molecule has 0 atom stereocenters. The highest BCUT2D eigenvalue weighted by Crippen LogP contribution is 2.26. The first-order valence-electron chi connectivity index (χ1n) is 5.74.